The van der Waals surface area contributed by atoms with Gasteiger partial charge in [0.15, 0.2) is 0 Å². The van der Waals surface area contributed by atoms with Gasteiger partial charge in [0.05, 0.1) is 30.0 Å². The van der Waals surface area contributed by atoms with E-state index in [2.05, 4.69) is 127 Å². The van der Waals surface area contributed by atoms with E-state index >= 15 is 4.79 Å². The molecular formula is C84H127N3O4S. The highest BCUT2D eigenvalue weighted by molar-refractivity contribution is 8.00. The minimum Gasteiger partial charge on any atom is -0.494 e. The molecule has 0 spiro atoms. The Morgan fingerprint density at radius 1 is 0.413 bits per heavy atom. The third-order valence-electron chi connectivity index (χ3n) is 19.3. The van der Waals surface area contributed by atoms with Gasteiger partial charge in [0.1, 0.15) is 17.5 Å². The molecule has 508 valence electrons. The summed E-state index contributed by atoms with van der Waals surface area (Å²) in [5.74, 6) is 1.59. The lowest BCUT2D eigenvalue weighted by Gasteiger charge is -2.36. The number of nitrogens with one attached hydrogen (secondary N) is 3. The monoisotopic (exact) mass is 1270 g/mol. The molecule has 5 aromatic carbocycles. The van der Waals surface area contributed by atoms with Crippen molar-refractivity contribution >= 4 is 23.6 Å². The summed E-state index contributed by atoms with van der Waals surface area (Å²) in [4.78, 5) is 29.5. The van der Waals surface area contributed by atoms with Crippen LogP contribution in [-0.4, -0.2) is 49.4 Å². The Bertz CT molecular complexity index is 2370. The van der Waals surface area contributed by atoms with Crippen LogP contribution in [0.5, 0.6) is 11.5 Å². The summed E-state index contributed by atoms with van der Waals surface area (Å²) in [5, 5.41) is 10.1. The number of rotatable bonds is 56. The first-order valence-electron chi connectivity index (χ1n) is 38.1. The Balaban J connectivity index is 1.00. The van der Waals surface area contributed by atoms with E-state index in [-0.39, 0.29) is 17.9 Å². The van der Waals surface area contributed by atoms with Gasteiger partial charge in [-0.3, -0.25) is 9.59 Å². The second kappa shape index (κ2) is 49.5. The van der Waals surface area contributed by atoms with Crippen LogP contribution >= 0.6 is 11.8 Å². The third kappa shape index (κ3) is 30.6. The first-order valence-corrected chi connectivity index (χ1v) is 39.1. The van der Waals surface area contributed by atoms with Crippen LogP contribution in [0, 0.1) is 0 Å². The average molecular weight is 1280 g/mol. The Labute approximate surface area is 566 Å². The predicted molar refractivity (Wildman–Crippen MR) is 395 cm³/mol. The quantitative estimate of drug-likeness (QED) is 0.0266. The third-order valence-corrected chi connectivity index (χ3v) is 20.9. The molecule has 5 aromatic rings. The fourth-order valence-corrected chi connectivity index (χ4v) is 15.1. The van der Waals surface area contributed by atoms with Gasteiger partial charge in [-0.1, -0.05) is 373 Å². The molecule has 0 unspecified atom stereocenters. The summed E-state index contributed by atoms with van der Waals surface area (Å²) in [6, 6.07) is 46.4. The second-order valence-corrected chi connectivity index (χ2v) is 28.2. The zero-order valence-electron chi connectivity index (χ0n) is 58.1. The Morgan fingerprint density at radius 3 is 1.01 bits per heavy atom. The Hall–Kier alpha value is -5.05. The number of ether oxygens (including phenoxy) is 2. The lowest BCUT2D eigenvalue weighted by molar-refractivity contribution is -0.129. The molecular weight excluding hydrogens is 1150 g/mol. The molecule has 3 N–H and O–H groups in total. The van der Waals surface area contributed by atoms with E-state index in [1.54, 1.807) is 11.8 Å². The number of carbonyl (C=O) groups excluding carboxylic acids is 2. The first-order chi connectivity index (χ1) is 45.5. The zero-order chi connectivity index (χ0) is 64.5. The topological polar surface area (TPSA) is 88.7 Å². The molecule has 2 atom stereocenters. The SMILES string of the molecule is CCCCCCCCCCCCCCCCCCCCCCOc1ccc(C(NC(=O)[C@H](CSC(c2ccccc2)(c2ccccc2)c2ccccc2)NC(=O)[C@@H]2CCCN2)c2ccc(OCCCCCCCCCCCCCCCCCCCCCC)cc2)cc1. The van der Waals surface area contributed by atoms with Gasteiger partial charge in [-0.15, -0.1) is 11.8 Å². The van der Waals surface area contributed by atoms with Gasteiger partial charge in [0.2, 0.25) is 11.8 Å². The summed E-state index contributed by atoms with van der Waals surface area (Å²) in [6.45, 7) is 6.75. The van der Waals surface area contributed by atoms with Crippen LogP contribution in [0.2, 0.25) is 0 Å². The molecule has 7 nitrogen and oxygen atoms in total. The van der Waals surface area contributed by atoms with Gasteiger partial charge in [0, 0.05) is 5.75 Å². The lowest BCUT2D eigenvalue weighted by Crippen LogP contribution is -2.53. The lowest BCUT2D eigenvalue weighted by atomic mass is 9.84. The van der Waals surface area contributed by atoms with Gasteiger partial charge in [0.25, 0.3) is 0 Å². The number of thioether (sulfide) groups is 1. The van der Waals surface area contributed by atoms with E-state index in [9.17, 15) is 4.79 Å². The summed E-state index contributed by atoms with van der Waals surface area (Å²) >= 11 is 1.69. The maximum atomic E-state index is 15.3. The van der Waals surface area contributed by atoms with E-state index in [0.29, 0.717) is 19.0 Å². The van der Waals surface area contributed by atoms with Crippen molar-refractivity contribution in [2.45, 2.75) is 306 Å². The standard InChI is InChI=1S/C84H127N3O4S/c1-3-5-7-9-11-13-15-17-19-21-23-25-27-29-31-33-35-37-39-50-69-90-77-64-60-72(61-65-77)81(73-62-66-78(67-63-73)91-70-51-40-38-36-34-32-30-28-26-24-22-20-18-16-14-12-10-8-6-4-2)87-83(89)80(86-82(88)79-59-52-68-85-79)71-92-84(74-53-44-41-45-54-74,75-55-46-42-47-56-75)76-57-48-43-49-58-76/h41-49,53-58,60-67,79-81,85H,3-40,50-52,59,68-71H2,1-2H3,(H,86,88)(H,87,89)/t79-,80-/m0/s1. The van der Waals surface area contributed by atoms with Crippen LogP contribution in [-0.2, 0) is 14.3 Å². The number of hydrogen-bond acceptors (Lipinski definition) is 6. The molecule has 0 bridgehead atoms. The molecule has 0 saturated carbocycles. The second-order valence-electron chi connectivity index (χ2n) is 27.0. The molecule has 1 heterocycles. The fraction of sp³-hybridized carbons (Fsp3) is 0.619. The fourth-order valence-electron chi connectivity index (χ4n) is 13.6. The van der Waals surface area contributed by atoms with Gasteiger partial charge < -0.3 is 25.4 Å². The molecule has 1 aliphatic heterocycles. The van der Waals surface area contributed by atoms with Crippen LogP contribution < -0.4 is 25.4 Å². The molecule has 1 saturated heterocycles. The maximum absolute atomic E-state index is 15.3. The van der Waals surface area contributed by atoms with Crippen molar-refractivity contribution in [2.24, 2.45) is 0 Å². The molecule has 0 aliphatic carbocycles. The van der Waals surface area contributed by atoms with Crippen LogP contribution in [0.25, 0.3) is 0 Å². The number of benzene rings is 5. The van der Waals surface area contributed by atoms with Crippen LogP contribution in [0.1, 0.15) is 317 Å². The highest BCUT2D eigenvalue weighted by Gasteiger charge is 2.39. The Morgan fingerprint density at radius 2 is 0.717 bits per heavy atom. The average Bonchev–Trinajstić information content (AvgIpc) is 0.821. The molecule has 0 radical (unpaired) electrons. The van der Waals surface area contributed by atoms with E-state index in [1.807, 2.05) is 42.5 Å². The van der Waals surface area contributed by atoms with Crippen molar-refractivity contribution < 1.29 is 19.1 Å². The number of unbranched alkanes of at least 4 members (excludes halogenated alkanes) is 38. The molecule has 0 aromatic heterocycles. The normalized spacial score (nSPS) is 13.6. The molecule has 2 amide bonds. The van der Waals surface area contributed by atoms with Gasteiger partial charge in [-0.2, -0.15) is 0 Å². The van der Waals surface area contributed by atoms with Crippen molar-refractivity contribution in [3.8, 4) is 11.5 Å². The van der Waals surface area contributed by atoms with Gasteiger partial charge in [-0.05, 0) is 84.3 Å². The van der Waals surface area contributed by atoms with Gasteiger partial charge in [-0.25, -0.2) is 0 Å². The van der Waals surface area contributed by atoms with E-state index in [1.165, 1.54) is 244 Å². The number of amides is 2. The molecule has 1 aliphatic rings. The van der Waals surface area contributed by atoms with E-state index in [0.717, 1.165) is 71.5 Å². The van der Waals surface area contributed by atoms with Crippen molar-refractivity contribution in [3.05, 3.63) is 167 Å². The summed E-state index contributed by atoms with van der Waals surface area (Å²) in [7, 11) is 0. The predicted octanol–water partition coefficient (Wildman–Crippen LogP) is 23.3. The summed E-state index contributed by atoms with van der Waals surface area (Å²) in [6.07, 6.45) is 56.3. The van der Waals surface area contributed by atoms with E-state index < -0.39 is 16.8 Å². The molecule has 8 heteroatoms. The molecule has 1 fully saturated rings. The van der Waals surface area contributed by atoms with Gasteiger partial charge >= 0.3 is 0 Å². The van der Waals surface area contributed by atoms with Crippen molar-refractivity contribution in [1.82, 2.24) is 16.0 Å². The molecule has 6 rings (SSSR count). The van der Waals surface area contributed by atoms with Crippen LogP contribution in [0.4, 0.5) is 0 Å². The Kier molecular flexibility index (Phi) is 40.9. The highest BCUT2D eigenvalue weighted by Crippen LogP contribution is 2.49. The van der Waals surface area contributed by atoms with Crippen molar-refractivity contribution in [1.29, 1.82) is 0 Å². The highest BCUT2D eigenvalue weighted by atomic mass is 32.2. The van der Waals surface area contributed by atoms with Crippen LogP contribution in [0.15, 0.2) is 140 Å². The number of carbonyl (C=O) groups is 2. The minimum absolute atomic E-state index is 0.145. The zero-order valence-corrected chi connectivity index (χ0v) is 58.9. The van der Waals surface area contributed by atoms with Crippen molar-refractivity contribution in [3.63, 3.8) is 0 Å². The van der Waals surface area contributed by atoms with E-state index in [4.69, 9.17) is 9.47 Å². The minimum atomic E-state index is -0.855. The summed E-state index contributed by atoms with van der Waals surface area (Å²) in [5.41, 5.74) is 5.17. The summed E-state index contributed by atoms with van der Waals surface area (Å²) < 4.78 is 12.0. The van der Waals surface area contributed by atoms with Crippen molar-refractivity contribution in [2.75, 3.05) is 25.5 Å². The smallest absolute Gasteiger partial charge is 0.244 e. The largest absolute Gasteiger partial charge is 0.494 e. The number of hydrogen-bond donors (Lipinski definition) is 3. The van der Waals surface area contributed by atoms with Crippen LogP contribution in [0.3, 0.4) is 0 Å². The molecule has 92 heavy (non-hydrogen) atoms. The first kappa shape index (κ1) is 76.0. The maximum Gasteiger partial charge on any atom is 0.244 e.